The van der Waals surface area contributed by atoms with Gasteiger partial charge in [-0.25, -0.2) is 0 Å². The number of hydrogen-bond donors (Lipinski definition) is 0. The Morgan fingerprint density at radius 3 is 2.88 bits per heavy atom. The molecule has 1 saturated heterocycles. The van der Waals surface area contributed by atoms with Crippen molar-refractivity contribution in [1.29, 1.82) is 0 Å². The fourth-order valence-electron chi connectivity index (χ4n) is 1.49. The minimum absolute atomic E-state index is 0.0230. The third-order valence-electron chi connectivity index (χ3n) is 2.39. The highest BCUT2D eigenvalue weighted by Gasteiger charge is 2.34. The Morgan fingerprint density at radius 1 is 1.53 bits per heavy atom. The molecule has 2 heterocycles. The molecule has 2 rings (SSSR count). The van der Waals surface area contributed by atoms with E-state index in [0.717, 1.165) is 22.4 Å². The summed E-state index contributed by atoms with van der Waals surface area (Å²) in [5.41, 5.74) is 0.871. The molecule has 0 atom stereocenters. The highest BCUT2D eigenvalue weighted by Crippen LogP contribution is 2.31. The number of carbonyl (C=O) groups excluding carboxylic acids is 2. The minimum atomic E-state index is -0.320. The van der Waals surface area contributed by atoms with E-state index in [0.29, 0.717) is 4.91 Å². The Balaban J connectivity index is 2.29. The first-order chi connectivity index (χ1) is 8.13. The van der Waals surface area contributed by atoms with Gasteiger partial charge in [0, 0.05) is 18.9 Å². The van der Waals surface area contributed by atoms with Crippen molar-refractivity contribution in [3.8, 4) is 12.3 Å². The number of carbonyl (C=O) groups is 2. The van der Waals surface area contributed by atoms with Gasteiger partial charge in [0.05, 0.1) is 11.4 Å². The van der Waals surface area contributed by atoms with Gasteiger partial charge in [-0.1, -0.05) is 5.92 Å². The smallest absolute Gasteiger partial charge is 0.294 e. The molecule has 0 N–H and O–H groups in total. The molecule has 86 valence electrons. The van der Waals surface area contributed by atoms with Gasteiger partial charge in [-0.15, -0.1) is 6.42 Å². The van der Waals surface area contributed by atoms with Crippen LogP contribution in [0.5, 0.6) is 0 Å². The van der Waals surface area contributed by atoms with Crippen LogP contribution in [-0.2, 0) is 11.8 Å². The van der Waals surface area contributed by atoms with Crippen molar-refractivity contribution in [1.82, 2.24) is 9.47 Å². The van der Waals surface area contributed by atoms with E-state index in [1.807, 2.05) is 29.9 Å². The van der Waals surface area contributed by atoms with Gasteiger partial charge in [0.1, 0.15) is 0 Å². The van der Waals surface area contributed by atoms with Gasteiger partial charge in [-0.05, 0) is 30.0 Å². The second kappa shape index (κ2) is 4.52. The van der Waals surface area contributed by atoms with Crippen LogP contribution in [-0.4, -0.2) is 27.2 Å². The lowest BCUT2D eigenvalue weighted by Gasteiger charge is -2.06. The van der Waals surface area contributed by atoms with E-state index in [-0.39, 0.29) is 17.7 Å². The maximum atomic E-state index is 11.9. The lowest BCUT2D eigenvalue weighted by Crippen LogP contribution is -2.28. The largest absolute Gasteiger partial charge is 0.351 e. The summed E-state index contributed by atoms with van der Waals surface area (Å²) in [5, 5.41) is -0.312. The van der Waals surface area contributed by atoms with Gasteiger partial charge in [-0.2, -0.15) is 0 Å². The van der Waals surface area contributed by atoms with Crippen molar-refractivity contribution in [2.75, 3.05) is 6.54 Å². The fraction of sp³-hybridized carbons (Fsp3) is 0.167. The number of amides is 2. The summed E-state index contributed by atoms with van der Waals surface area (Å²) < 4.78 is 1.87. The van der Waals surface area contributed by atoms with Gasteiger partial charge in [0.2, 0.25) is 0 Å². The molecule has 1 aliphatic rings. The van der Waals surface area contributed by atoms with Crippen LogP contribution in [0.2, 0.25) is 0 Å². The number of terminal acetylenes is 1. The van der Waals surface area contributed by atoms with E-state index >= 15 is 0 Å². The molecule has 2 amide bonds. The maximum Gasteiger partial charge on any atom is 0.294 e. The van der Waals surface area contributed by atoms with Gasteiger partial charge in [-0.3, -0.25) is 14.5 Å². The molecule has 5 heteroatoms. The van der Waals surface area contributed by atoms with Crippen molar-refractivity contribution in [2.24, 2.45) is 7.05 Å². The van der Waals surface area contributed by atoms with Gasteiger partial charge in [0.25, 0.3) is 11.1 Å². The molecule has 0 saturated carbocycles. The number of aromatic nitrogens is 1. The Labute approximate surface area is 103 Å². The first-order valence-corrected chi connectivity index (χ1v) is 5.75. The van der Waals surface area contributed by atoms with Crippen molar-refractivity contribution < 1.29 is 9.59 Å². The Bertz CT molecular complexity index is 551. The molecule has 1 aromatic rings. The number of rotatable bonds is 2. The summed E-state index contributed by atoms with van der Waals surface area (Å²) in [4.78, 5) is 24.9. The molecule has 4 nitrogen and oxygen atoms in total. The molecule has 0 unspecified atom stereocenters. The molecular formula is C12H10N2O2S. The predicted octanol–water partition coefficient (Wildman–Crippen LogP) is 1.69. The second-order valence-corrected chi connectivity index (χ2v) is 4.51. The molecule has 1 aliphatic heterocycles. The molecule has 17 heavy (non-hydrogen) atoms. The van der Waals surface area contributed by atoms with Crippen molar-refractivity contribution in [3.05, 3.63) is 28.9 Å². The van der Waals surface area contributed by atoms with Crippen LogP contribution in [0.15, 0.2) is 23.2 Å². The van der Waals surface area contributed by atoms with Crippen LogP contribution >= 0.6 is 11.8 Å². The highest BCUT2D eigenvalue weighted by atomic mass is 32.2. The number of imide groups is 1. The zero-order valence-electron chi connectivity index (χ0n) is 9.21. The van der Waals surface area contributed by atoms with Crippen LogP contribution < -0.4 is 0 Å². The normalized spacial score (nSPS) is 17.9. The standard InChI is InChI=1S/C12H10N2O2S/c1-3-6-14-11(15)10(17-12(14)16)8-9-5-4-7-13(9)2/h1,4-5,7-8H,6H2,2H3. The fourth-order valence-corrected chi connectivity index (χ4v) is 2.31. The molecule has 0 aliphatic carbocycles. The Kier molecular flexibility index (Phi) is 3.07. The van der Waals surface area contributed by atoms with Gasteiger partial charge >= 0.3 is 0 Å². The number of aryl methyl sites for hydroxylation is 1. The number of thioether (sulfide) groups is 1. The second-order valence-electron chi connectivity index (χ2n) is 3.52. The first-order valence-electron chi connectivity index (χ1n) is 4.93. The quantitative estimate of drug-likeness (QED) is 0.589. The molecule has 1 fully saturated rings. The molecule has 0 aromatic carbocycles. The van der Waals surface area contributed by atoms with Crippen molar-refractivity contribution in [3.63, 3.8) is 0 Å². The van der Waals surface area contributed by atoms with Crippen LogP contribution in [0, 0.1) is 12.3 Å². The zero-order chi connectivity index (χ0) is 12.4. The lowest BCUT2D eigenvalue weighted by atomic mass is 10.3. The maximum absolute atomic E-state index is 11.9. The minimum Gasteiger partial charge on any atom is -0.351 e. The Hall–Kier alpha value is -1.93. The van der Waals surface area contributed by atoms with Crippen LogP contribution in [0.25, 0.3) is 6.08 Å². The third-order valence-corrected chi connectivity index (χ3v) is 3.29. The van der Waals surface area contributed by atoms with Crippen molar-refractivity contribution in [2.45, 2.75) is 0 Å². The zero-order valence-corrected chi connectivity index (χ0v) is 10.0. The van der Waals surface area contributed by atoms with Gasteiger partial charge in [0.15, 0.2) is 0 Å². The van der Waals surface area contributed by atoms with E-state index in [9.17, 15) is 9.59 Å². The van der Waals surface area contributed by atoms with E-state index in [1.54, 1.807) is 6.08 Å². The Morgan fingerprint density at radius 2 is 2.29 bits per heavy atom. The predicted molar refractivity (Wildman–Crippen MR) is 66.9 cm³/mol. The lowest BCUT2D eigenvalue weighted by molar-refractivity contribution is -0.122. The third kappa shape index (κ3) is 2.12. The average molecular weight is 246 g/mol. The molecule has 0 radical (unpaired) electrons. The van der Waals surface area contributed by atoms with E-state index in [2.05, 4.69) is 5.92 Å². The first kappa shape index (κ1) is 11.6. The van der Waals surface area contributed by atoms with Gasteiger partial charge < -0.3 is 4.57 Å². The SMILES string of the molecule is C#CCN1C(=O)SC(=Cc2cccn2C)C1=O. The molecule has 0 bridgehead atoms. The van der Waals surface area contributed by atoms with E-state index in [1.165, 1.54) is 0 Å². The molecule has 1 aromatic heterocycles. The average Bonchev–Trinajstić information content (AvgIpc) is 2.79. The van der Waals surface area contributed by atoms with Crippen LogP contribution in [0.3, 0.4) is 0 Å². The number of nitrogens with zero attached hydrogens (tertiary/aromatic N) is 2. The monoisotopic (exact) mass is 246 g/mol. The summed E-state index contributed by atoms with van der Waals surface area (Å²) in [6, 6.07) is 3.74. The molecule has 0 spiro atoms. The molecular weight excluding hydrogens is 236 g/mol. The summed E-state index contributed by atoms with van der Waals surface area (Å²) >= 11 is 0.918. The summed E-state index contributed by atoms with van der Waals surface area (Å²) in [6.45, 7) is 0.0230. The summed E-state index contributed by atoms with van der Waals surface area (Å²) in [7, 11) is 1.87. The summed E-state index contributed by atoms with van der Waals surface area (Å²) in [6.07, 6.45) is 8.68. The topological polar surface area (TPSA) is 42.3 Å². The van der Waals surface area contributed by atoms with E-state index < -0.39 is 0 Å². The van der Waals surface area contributed by atoms with Crippen LogP contribution in [0.4, 0.5) is 4.79 Å². The van der Waals surface area contributed by atoms with Crippen LogP contribution in [0.1, 0.15) is 5.69 Å². The number of hydrogen-bond acceptors (Lipinski definition) is 3. The summed E-state index contributed by atoms with van der Waals surface area (Å²) in [5.74, 6) is 1.98. The van der Waals surface area contributed by atoms with E-state index in [4.69, 9.17) is 6.42 Å². The highest BCUT2D eigenvalue weighted by molar-refractivity contribution is 8.18. The van der Waals surface area contributed by atoms with Crippen molar-refractivity contribution >= 4 is 29.0 Å².